The molecule has 2 aliphatic rings. The number of nitrogens with two attached hydrogens (primary N) is 1. The minimum atomic E-state index is -0.0627. The Morgan fingerprint density at radius 2 is 1.95 bits per heavy atom. The highest BCUT2D eigenvalue weighted by Gasteiger charge is 2.46. The number of esters is 1. The molecule has 3 N–H and O–H groups in total. The molecule has 0 aromatic rings. The van der Waals surface area contributed by atoms with E-state index in [1.54, 1.807) is 0 Å². The second-order valence-corrected chi connectivity index (χ2v) is 7.13. The molecular formula is C18H34N2O2. The largest absolute Gasteiger partial charge is 0.466 e. The van der Waals surface area contributed by atoms with Crippen LogP contribution < -0.4 is 11.1 Å². The zero-order valence-electron chi connectivity index (χ0n) is 14.2. The molecule has 0 spiro atoms. The molecule has 2 bridgehead atoms. The molecule has 0 aromatic carbocycles. The van der Waals surface area contributed by atoms with Crippen LogP contribution in [0.15, 0.2) is 0 Å². The lowest BCUT2D eigenvalue weighted by molar-refractivity contribution is -0.143. The fourth-order valence-corrected chi connectivity index (χ4v) is 4.46. The molecule has 4 atom stereocenters. The zero-order chi connectivity index (χ0) is 15.8. The van der Waals surface area contributed by atoms with Crippen LogP contribution in [-0.4, -0.2) is 32.2 Å². The van der Waals surface area contributed by atoms with E-state index in [9.17, 15) is 4.79 Å². The molecular weight excluding hydrogens is 276 g/mol. The third-order valence-electron chi connectivity index (χ3n) is 5.69. The molecule has 4 unspecified atom stereocenters. The standard InChI is InChI=1S/C18H34N2O2/c1-2-3-4-5-10-22-18(21)8-9-20-13-17-15-7-6-14(11-15)16(17)12-19/h14-17,20H,2-13,19H2,1H3. The summed E-state index contributed by atoms with van der Waals surface area (Å²) in [5.74, 6) is 3.12. The normalized spacial score (nSPS) is 29.9. The summed E-state index contributed by atoms with van der Waals surface area (Å²) in [5.41, 5.74) is 5.95. The van der Waals surface area contributed by atoms with Gasteiger partial charge in [-0.2, -0.15) is 0 Å². The SMILES string of the molecule is CCCCCCOC(=O)CCNCC1C2CCC(C2)C1CN. The topological polar surface area (TPSA) is 64.3 Å². The Balaban J connectivity index is 1.51. The first-order valence-corrected chi connectivity index (χ1v) is 9.32. The molecule has 2 rings (SSSR count). The van der Waals surface area contributed by atoms with E-state index in [-0.39, 0.29) is 5.97 Å². The molecule has 128 valence electrons. The Morgan fingerprint density at radius 3 is 2.68 bits per heavy atom. The minimum absolute atomic E-state index is 0.0627. The fraction of sp³-hybridized carbons (Fsp3) is 0.944. The smallest absolute Gasteiger partial charge is 0.307 e. The molecule has 0 aromatic heterocycles. The zero-order valence-corrected chi connectivity index (χ0v) is 14.2. The van der Waals surface area contributed by atoms with Gasteiger partial charge in [0.1, 0.15) is 0 Å². The van der Waals surface area contributed by atoms with Crippen molar-refractivity contribution in [1.29, 1.82) is 0 Å². The van der Waals surface area contributed by atoms with Gasteiger partial charge in [0.2, 0.25) is 0 Å². The third kappa shape index (κ3) is 4.95. The van der Waals surface area contributed by atoms with Crippen LogP contribution in [0.5, 0.6) is 0 Å². The van der Waals surface area contributed by atoms with Crippen molar-refractivity contribution in [2.45, 2.75) is 58.3 Å². The molecule has 4 nitrogen and oxygen atoms in total. The van der Waals surface area contributed by atoms with Crippen LogP contribution in [0.1, 0.15) is 58.3 Å². The summed E-state index contributed by atoms with van der Waals surface area (Å²) in [6.45, 7) is 5.35. The van der Waals surface area contributed by atoms with E-state index < -0.39 is 0 Å². The molecule has 0 saturated heterocycles. The van der Waals surface area contributed by atoms with Gasteiger partial charge >= 0.3 is 5.97 Å². The van der Waals surface area contributed by atoms with E-state index in [0.29, 0.717) is 18.9 Å². The second-order valence-electron chi connectivity index (χ2n) is 7.13. The van der Waals surface area contributed by atoms with Crippen molar-refractivity contribution in [3.63, 3.8) is 0 Å². The fourth-order valence-electron chi connectivity index (χ4n) is 4.46. The molecule has 0 aliphatic heterocycles. The van der Waals surface area contributed by atoms with Crippen molar-refractivity contribution >= 4 is 5.97 Å². The number of fused-ring (bicyclic) bond motifs is 2. The number of nitrogens with one attached hydrogen (secondary N) is 1. The Kier molecular flexibility index (Phi) is 7.67. The second kappa shape index (κ2) is 9.51. The van der Waals surface area contributed by atoms with Gasteiger partial charge in [0.15, 0.2) is 0 Å². The van der Waals surface area contributed by atoms with E-state index in [4.69, 9.17) is 10.5 Å². The maximum atomic E-state index is 11.6. The van der Waals surface area contributed by atoms with Crippen molar-refractivity contribution in [2.24, 2.45) is 29.4 Å². The maximum absolute atomic E-state index is 11.6. The molecule has 22 heavy (non-hydrogen) atoms. The predicted molar refractivity (Wildman–Crippen MR) is 89.5 cm³/mol. The first kappa shape index (κ1) is 17.7. The Bertz CT molecular complexity index is 335. The average molecular weight is 310 g/mol. The summed E-state index contributed by atoms with van der Waals surface area (Å²) in [7, 11) is 0. The van der Waals surface area contributed by atoms with E-state index in [1.165, 1.54) is 32.1 Å². The highest BCUT2D eigenvalue weighted by atomic mass is 16.5. The van der Waals surface area contributed by atoms with Crippen molar-refractivity contribution in [1.82, 2.24) is 5.32 Å². The van der Waals surface area contributed by atoms with E-state index in [0.717, 1.165) is 50.2 Å². The molecule has 0 amide bonds. The monoisotopic (exact) mass is 310 g/mol. The number of unbranched alkanes of at least 4 members (excludes halogenated alkanes) is 3. The summed E-state index contributed by atoms with van der Waals surface area (Å²) in [6, 6.07) is 0. The van der Waals surface area contributed by atoms with Crippen LogP contribution in [0.3, 0.4) is 0 Å². The lowest BCUT2D eigenvalue weighted by Gasteiger charge is -2.30. The predicted octanol–water partition coefficient (Wildman–Crippen LogP) is 2.71. The van der Waals surface area contributed by atoms with Crippen LogP contribution in [0, 0.1) is 23.7 Å². The van der Waals surface area contributed by atoms with Crippen LogP contribution in [0.4, 0.5) is 0 Å². The molecule has 0 radical (unpaired) electrons. The van der Waals surface area contributed by atoms with E-state index >= 15 is 0 Å². The van der Waals surface area contributed by atoms with Gasteiger partial charge in [-0.25, -0.2) is 0 Å². The summed E-state index contributed by atoms with van der Waals surface area (Å²) >= 11 is 0. The molecule has 2 saturated carbocycles. The summed E-state index contributed by atoms with van der Waals surface area (Å²) < 4.78 is 5.25. The van der Waals surface area contributed by atoms with E-state index in [1.807, 2.05) is 0 Å². The third-order valence-corrected chi connectivity index (χ3v) is 5.69. The van der Waals surface area contributed by atoms with Crippen LogP contribution >= 0.6 is 0 Å². The van der Waals surface area contributed by atoms with Gasteiger partial charge in [-0.15, -0.1) is 0 Å². The lowest BCUT2D eigenvalue weighted by atomic mass is 9.79. The first-order chi connectivity index (χ1) is 10.8. The first-order valence-electron chi connectivity index (χ1n) is 9.32. The van der Waals surface area contributed by atoms with Crippen LogP contribution in [0.2, 0.25) is 0 Å². The average Bonchev–Trinajstić information content (AvgIpc) is 3.12. The molecule has 2 fully saturated rings. The summed E-state index contributed by atoms with van der Waals surface area (Å²) in [4.78, 5) is 11.6. The Labute approximate surface area is 135 Å². The van der Waals surface area contributed by atoms with Crippen LogP contribution in [-0.2, 0) is 9.53 Å². The summed E-state index contributed by atoms with van der Waals surface area (Å²) in [5, 5.41) is 3.46. The van der Waals surface area contributed by atoms with Crippen molar-refractivity contribution in [3.8, 4) is 0 Å². The van der Waals surface area contributed by atoms with Gasteiger partial charge < -0.3 is 15.8 Å². The Hall–Kier alpha value is -0.610. The number of carbonyl (C=O) groups is 1. The molecule has 0 heterocycles. The number of carbonyl (C=O) groups excluding carboxylic acids is 1. The Morgan fingerprint density at radius 1 is 1.18 bits per heavy atom. The summed E-state index contributed by atoms with van der Waals surface area (Å²) in [6.07, 6.45) is 9.23. The maximum Gasteiger partial charge on any atom is 0.307 e. The van der Waals surface area contributed by atoms with Gasteiger partial charge in [-0.1, -0.05) is 26.2 Å². The van der Waals surface area contributed by atoms with Gasteiger partial charge in [-0.3, -0.25) is 4.79 Å². The van der Waals surface area contributed by atoms with Gasteiger partial charge in [0.05, 0.1) is 13.0 Å². The molecule has 4 heteroatoms. The number of hydrogen-bond donors (Lipinski definition) is 2. The highest BCUT2D eigenvalue weighted by Crippen LogP contribution is 2.51. The quantitative estimate of drug-likeness (QED) is 0.455. The number of ether oxygens (including phenoxy) is 1. The van der Waals surface area contributed by atoms with Gasteiger partial charge in [0.25, 0.3) is 0 Å². The number of rotatable bonds is 11. The number of hydrogen-bond acceptors (Lipinski definition) is 4. The lowest BCUT2D eigenvalue weighted by Crippen LogP contribution is -2.36. The van der Waals surface area contributed by atoms with Crippen LogP contribution in [0.25, 0.3) is 0 Å². The van der Waals surface area contributed by atoms with Crippen molar-refractivity contribution < 1.29 is 9.53 Å². The van der Waals surface area contributed by atoms with Crippen molar-refractivity contribution in [2.75, 3.05) is 26.2 Å². The van der Waals surface area contributed by atoms with E-state index in [2.05, 4.69) is 12.2 Å². The van der Waals surface area contributed by atoms with Gasteiger partial charge in [0, 0.05) is 6.54 Å². The highest BCUT2D eigenvalue weighted by molar-refractivity contribution is 5.69. The van der Waals surface area contributed by atoms with Gasteiger partial charge in [-0.05, 0) is 62.4 Å². The van der Waals surface area contributed by atoms with Crippen molar-refractivity contribution in [3.05, 3.63) is 0 Å². The molecule has 2 aliphatic carbocycles. The minimum Gasteiger partial charge on any atom is -0.466 e.